The topological polar surface area (TPSA) is 71.8 Å². The third kappa shape index (κ3) is 2.55. The van der Waals surface area contributed by atoms with Crippen molar-refractivity contribution in [3.8, 4) is 11.5 Å². The Kier molecular flexibility index (Phi) is 3.40. The third-order valence-corrected chi connectivity index (χ3v) is 2.30. The molecule has 18 heavy (non-hydrogen) atoms. The number of rotatable bonds is 4. The summed E-state index contributed by atoms with van der Waals surface area (Å²) in [5.74, 6) is 1.75. The molecule has 0 spiro atoms. The lowest BCUT2D eigenvalue weighted by Crippen LogP contribution is -2.16. The third-order valence-electron chi connectivity index (χ3n) is 2.30. The molecule has 0 bridgehead atoms. The number of anilines is 2. The van der Waals surface area contributed by atoms with Gasteiger partial charge in [-0.15, -0.1) is 0 Å². The molecule has 0 aliphatic rings. The van der Waals surface area contributed by atoms with Gasteiger partial charge in [0, 0.05) is 33.9 Å². The predicted molar refractivity (Wildman–Crippen MR) is 70.5 cm³/mol. The molecule has 0 saturated carbocycles. The molecule has 7 heteroatoms. The Hall–Kier alpha value is -2.18. The Balaban J connectivity index is 2.45. The Labute approximate surface area is 106 Å². The highest BCUT2D eigenvalue weighted by Crippen LogP contribution is 2.16. The van der Waals surface area contributed by atoms with E-state index in [1.54, 1.807) is 4.68 Å². The molecular weight excluding hydrogens is 230 g/mol. The van der Waals surface area contributed by atoms with Crippen LogP contribution in [0.25, 0.3) is 11.5 Å². The lowest BCUT2D eigenvalue weighted by atomic mass is 10.4. The van der Waals surface area contributed by atoms with Gasteiger partial charge in [0.1, 0.15) is 5.69 Å². The maximum atomic E-state index is 4.39. The second kappa shape index (κ2) is 4.99. The zero-order chi connectivity index (χ0) is 13.1. The molecule has 0 aliphatic heterocycles. The molecule has 2 rings (SSSR count). The quantitative estimate of drug-likeness (QED) is 0.860. The summed E-state index contributed by atoms with van der Waals surface area (Å²) in [6, 6.07) is 1.88. The molecule has 0 unspecified atom stereocenters. The summed E-state index contributed by atoms with van der Waals surface area (Å²) in [5.41, 5.74) is 0.738. The van der Waals surface area contributed by atoms with E-state index < -0.39 is 0 Å². The molecule has 1 N–H and O–H groups in total. The maximum absolute atomic E-state index is 4.39. The van der Waals surface area contributed by atoms with Gasteiger partial charge in [-0.25, -0.2) is 0 Å². The van der Waals surface area contributed by atoms with Crippen molar-refractivity contribution in [2.45, 2.75) is 6.92 Å². The number of aryl methyl sites for hydroxylation is 1. The van der Waals surface area contributed by atoms with Crippen molar-refractivity contribution < 1.29 is 0 Å². The molecule has 0 amide bonds. The van der Waals surface area contributed by atoms with Crippen molar-refractivity contribution in [2.24, 2.45) is 7.05 Å². The summed E-state index contributed by atoms with van der Waals surface area (Å²) in [5, 5.41) is 7.40. The van der Waals surface area contributed by atoms with Crippen LogP contribution in [0.15, 0.2) is 12.3 Å². The lowest BCUT2D eigenvalue weighted by molar-refractivity contribution is 0.768. The Morgan fingerprint density at radius 1 is 1.28 bits per heavy atom. The van der Waals surface area contributed by atoms with E-state index in [0.717, 1.165) is 12.2 Å². The maximum Gasteiger partial charge on any atom is 0.230 e. The molecule has 0 aromatic carbocycles. The van der Waals surface area contributed by atoms with Crippen molar-refractivity contribution in [3.05, 3.63) is 12.3 Å². The fraction of sp³-hybridized carbons (Fsp3) is 0.455. The van der Waals surface area contributed by atoms with Gasteiger partial charge in [0.15, 0.2) is 5.82 Å². The molecule has 0 saturated heterocycles. The zero-order valence-electron chi connectivity index (χ0n) is 11.0. The van der Waals surface area contributed by atoms with Crippen LogP contribution in [0.4, 0.5) is 11.9 Å². The van der Waals surface area contributed by atoms with Gasteiger partial charge in [0.25, 0.3) is 0 Å². The number of nitrogens with zero attached hydrogens (tertiary/aromatic N) is 6. The van der Waals surface area contributed by atoms with Crippen LogP contribution in [-0.4, -0.2) is 45.4 Å². The average Bonchev–Trinajstić information content (AvgIpc) is 2.76. The minimum Gasteiger partial charge on any atom is -0.354 e. The van der Waals surface area contributed by atoms with Crippen LogP contribution in [0.5, 0.6) is 0 Å². The van der Waals surface area contributed by atoms with Crippen LogP contribution >= 0.6 is 0 Å². The fourth-order valence-corrected chi connectivity index (χ4v) is 1.45. The highest BCUT2D eigenvalue weighted by Gasteiger charge is 2.11. The second-order valence-electron chi connectivity index (χ2n) is 4.08. The first kappa shape index (κ1) is 12.3. The first-order valence-electron chi connectivity index (χ1n) is 5.77. The van der Waals surface area contributed by atoms with E-state index in [9.17, 15) is 0 Å². The molecular formula is C11H17N7. The number of aromatic nitrogens is 5. The summed E-state index contributed by atoms with van der Waals surface area (Å²) < 4.78 is 1.72. The van der Waals surface area contributed by atoms with Gasteiger partial charge in [-0.05, 0) is 13.0 Å². The van der Waals surface area contributed by atoms with Gasteiger partial charge in [0.2, 0.25) is 11.9 Å². The van der Waals surface area contributed by atoms with E-state index in [-0.39, 0.29) is 0 Å². The molecule has 2 aromatic heterocycles. The Morgan fingerprint density at radius 3 is 2.61 bits per heavy atom. The molecule has 2 aromatic rings. The van der Waals surface area contributed by atoms with Gasteiger partial charge in [-0.1, -0.05) is 0 Å². The normalized spacial score (nSPS) is 10.4. The van der Waals surface area contributed by atoms with Gasteiger partial charge >= 0.3 is 0 Å². The highest BCUT2D eigenvalue weighted by atomic mass is 15.3. The molecule has 96 valence electrons. The zero-order valence-corrected chi connectivity index (χ0v) is 11.0. The minimum atomic E-state index is 0.567. The first-order chi connectivity index (χ1) is 8.60. The molecule has 7 nitrogen and oxygen atoms in total. The van der Waals surface area contributed by atoms with Gasteiger partial charge in [-0.2, -0.15) is 20.1 Å². The lowest BCUT2D eigenvalue weighted by Gasteiger charge is -2.12. The monoisotopic (exact) mass is 247 g/mol. The van der Waals surface area contributed by atoms with Crippen molar-refractivity contribution in [2.75, 3.05) is 30.9 Å². The molecule has 2 heterocycles. The van der Waals surface area contributed by atoms with E-state index >= 15 is 0 Å². The van der Waals surface area contributed by atoms with Crippen LogP contribution < -0.4 is 10.2 Å². The molecule has 0 radical (unpaired) electrons. The van der Waals surface area contributed by atoms with Crippen LogP contribution in [0, 0.1) is 0 Å². The Bertz CT molecular complexity index is 532. The number of hydrogen-bond acceptors (Lipinski definition) is 6. The average molecular weight is 247 g/mol. The SMILES string of the molecule is CCNc1nc(-c2ccn(C)n2)nc(N(C)C)n1. The summed E-state index contributed by atoms with van der Waals surface area (Å²) >= 11 is 0. The van der Waals surface area contributed by atoms with E-state index in [2.05, 4.69) is 25.4 Å². The Morgan fingerprint density at radius 2 is 2.06 bits per heavy atom. The minimum absolute atomic E-state index is 0.567. The summed E-state index contributed by atoms with van der Waals surface area (Å²) in [6.45, 7) is 2.76. The van der Waals surface area contributed by atoms with Crippen molar-refractivity contribution in [3.63, 3.8) is 0 Å². The van der Waals surface area contributed by atoms with Crippen molar-refractivity contribution in [1.29, 1.82) is 0 Å². The van der Waals surface area contributed by atoms with E-state index in [1.807, 2.05) is 45.2 Å². The van der Waals surface area contributed by atoms with Crippen LogP contribution in [0.1, 0.15) is 6.92 Å². The molecule has 0 fully saturated rings. The van der Waals surface area contributed by atoms with Crippen LogP contribution in [0.2, 0.25) is 0 Å². The van der Waals surface area contributed by atoms with Crippen LogP contribution in [-0.2, 0) is 7.05 Å². The van der Waals surface area contributed by atoms with E-state index in [4.69, 9.17) is 0 Å². The fourth-order valence-electron chi connectivity index (χ4n) is 1.45. The van der Waals surface area contributed by atoms with Gasteiger partial charge < -0.3 is 10.2 Å². The summed E-state index contributed by atoms with van der Waals surface area (Å²) in [4.78, 5) is 14.9. The highest BCUT2D eigenvalue weighted by molar-refractivity contribution is 5.53. The second-order valence-corrected chi connectivity index (χ2v) is 4.08. The number of hydrogen-bond donors (Lipinski definition) is 1. The van der Waals surface area contributed by atoms with Crippen LogP contribution in [0.3, 0.4) is 0 Å². The molecule has 0 atom stereocenters. The first-order valence-corrected chi connectivity index (χ1v) is 5.77. The predicted octanol–water partition coefficient (Wildman–Crippen LogP) is 0.770. The molecule has 0 aliphatic carbocycles. The van der Waals surface area contributed by atoms with E-state index in [1.165, 1.54) is 0 Å². The standard InChI is InChI=1S/C11H17N7/c1-5-12-10-13-9(8-6-7-18(4)16-8)14-11(15-10)17(2)3/h6-7H,5H2,1-4H3,(H,12,13,14,15). The van der Waals surface area contributed by atoms with Gasteiger partial charge in [-0.3, -0.25) is 4.68 Å². The van der Waals surface area contributed by atoms with Crippen molar-refractivity contribution >= 4 is 11.9 Å². The summed E-state index contributed by atoms with van der Waals surface area (Å²) in [7, 11) is 5.66. The largest absolute Gasteiger partial charge is 0.354 e. The number of nitrogens with one attached hydrogen (secondary N) is 1. The van der Waals surface area contributed by atoms with Crippen molar-refractivity contribution in [1.82, 2.24) is 24.7 Å². The summed E-state index contributed by atoms with van der Waals surface area (Å²) in [6.07, 6.45) is 1.86. The smallest absolute Gasteiger partial charge is 0.230 e. The van der Waals surface area contributed by atoms with E-state index in [0.29, 0.717) is 17.7 Å². The van der Waals surface area contributed by atoms with Gasteiger partial charge in [0.05, 0.1) is 0 Å².